The van der Waals surface area contributed by atoms with Crippen molar-refractivity contribution >= 4 is 15.9 Å². The van der Waals surface area contributed by atoms with Gasteiger partial charge < -0.3 is 5.73 Å². The molecule has 1 nitrogen and oxygen atoms in total. The molecule has 0 spiro atoms. The number of hydrogen-bond donors (Lipinski definition) is 1. The normalized spacial score (nSPS) is 10.4. The molecule has 3 heteroatoms. The van der Waals surface area contributed by atoms with Gasteiger partial charge in [-0.05, 0) is 35.4 Å². The van der Waals surface area contributed by atoms with E-state index in [1.807, 2.05) is 24.3 Å². The fourth-order valence-electron chi connectivity index (χ4n) is 1.55. The highest BCUT2D eigenvalue weighted by molar-refractivity contribution is 9.10. The van der Waals surface area contributed by atoms with Crippen LogP contribution in [-0.4, -0.2) is 0 Å². The quantitative estimate of drug-likeness (QED) is 0.891. The molecule has 0 heterocycles. The molecule has 2 aromatic rings. The minimum absolute atomic E-state index is 0.218. The van der Waals surface area contributed by atoms with Crippen LogP contribution in [0.5, 0.6) is 0 Å². The number of benzene rings is 2. The van der Waals surface area contributed by atoms with E-state index in [1.165, 1.54) is 6.07 Å². The lowest BCUT2D eigenvalue weighted by Crippen LogP contribution is -1.99. The summed E-state index contributed by atoms with van der Waals surface area (Å²) in [4.78, 5) is 0. The van der Waals surface area contributed by atoms with Crippen LogP contribution in [0.4, 0.5) is 4.39 Å². The highest BCUT2D eigenvalue weighted by atomic mass is 79.9. The predicted octanol–water partition coefficient (Wildman–Crippen LogP) is 3.71. The fraction of sp³-hybridized carbons (Fsp3) is 0.0769. The van der Waals surface area contributed by atoms with Crippen LogP contribution in [0.15, 0.2) is 46.9 Å². The zero-order chi connectivity index (χ0) is 11.5. The zero-order valence-electron chi connectivity index (χ0n) is 8.58. The van der Waals surface area contributed by atoms with Crippen molar-refractivity contribution in [3.63, 3.8) is 0 Å². The first-order chi connectivity index (χ1) is 7.70. The van der Waals surface area contributed by atoms with Gasteiger partial charge in [-0.15, -0.1) is 0 Å². The first kappa shape index (κ1) is 11.3. The fourth-order valence-corrected chi connectivity index (χ4v) is 1.82. The zero-order valence-corrected chi connectivity index (χ0v) is 10.2. The molecule has 0 fully saturated rings. The minimum atomic E-state index is -0.247. The van der Waals surface area contributed by atoms with Gasteiger partial charge in [0.05, 0.1) is 0 Å². The van der Waals surface area contributed by atoms with Crippen molar-refractivity contribution in [2.24, 2.45) is 5.73 Å². The lowest BCUT2D eigenvalue weighted by atomic mass is 10.0. The Morgan fingerprint density at radius 2 is 1.62 bits per heavy atom. The second kappa shape index (κ2) is 4.76. The molecule has 0 aliphatic heterocycles. The maximum Gasteiger partial charge on any atom is 0.127 e. The monoisotopic (exact) mass is 279 g/mol. The van der Waals surface area contributed by atoms with Crippen molar-refractivity contribution in [3.05, 3.63) is 58.3 Å². The second-order valence-electron chi connectivity index (χ2n) is 3.52. The maximum absolute atomic E-state index is 13.3. The van der Waals surface area contributed by atoms with Crippen LogP contribution in [0.25, 0.3) is 11.1 Å². The van der Waals surface area contributed by atoms with Gasteiger partial charge in [0, 0.05) is 16.6 Å². The van der Waals surface area contributed by atoms with Crippen molar-refractivity contribution < 1.29 is 4.39 Å². The van der Waals surface area contributed by atoms with Crippen LogP contribution >= 0.6 is 15.9 Å². The molecule has 82 valence electrons. The lowest BCUT2D eigenvalue weighted by molar-refractivity contribution is 0.611. The summed E-state index contributed by atoms with van der Waals surface area (Å²) in [5.74, 6) is -0.247. The molecule has 0 unspecified atom stereocenters. The van der Waals surface area contributed by atoms with Gasteiger partial charge in [-0.25, -0.2) is 4.39 Å². The third kappa shape index (κ3) is 2.31. The summed E-state index contributed by atoms with van der Waals surface area (Å²) in [5, 5.41) is 0. The van der Waals surface area contributed by atoms with E-state index in [0.717, 1.165) is 15.6 Å². The third-order valence-electron chi connectivity index (χ3n) is 2.44. The Hall–Kier alpha value is -1.19. The van der Waals surface area contributed by atoms with Gasteiger partial charge in [-0.2, -0.15) is 0 Å². The first-order valence-electron chi connectivity index (χ1n) is 4.95. The molecule has 2 N–H and O–H groups in total. The van der Waals surface area contributed by atoms with E-state index in [-0.39, 0.29) is 12.4 Å². The minimum Gasteiger partial charge on any atom is -0.326 e. The van der Waals surface area contributed by atoms with Crippen LogP contribution in [-0.2, 0) is 6.54 Å². The Balaban J connectivity index is 2.44. The Morgan fingerprint density at radius 1 is 1.00 bits per heavy atom. The molecule has 0 radical (unpaired) electrons. The SMILES string of the molecule is NCc1cc(-c2ccc(Br)cc2)ccc1F. The van der Waals surface area contributed by atoms with E-state index >= 15 is 0 Å². The molecule has 0 amide bonds. The molecular weight excluding hydrogens is 269 g/mol. The molecule has 0 bridgehead atoms. The van der Waals surface area contributed by atoms with Crippen LogP contribution in [0.2, 0.25) is 0 Å². The lowest BCUT2D eigenvalue weighted by Gasteiger charge is -2.05. The first-order valence-corrected chi connectivity index (χ1v) is 5.74. The van der Waals surface area contributed by atoms with Gasteiger partial charge in [0.2, 0.25) is 0 Å². The van der Waals surface area contributed by atoms with Crippen molar-refractivity contribution in [2.45, 2.75) is 6.54 Å². The standard InChI is InChI=1S/C13H11BrFN/c14-12-4-1-9(2-5-12)10-3-6-13(15)11(7-10)8-16/h1-7H,8,16H2. The summed E-state index contributed by atoms with van der Waals surface area (Å²) < 4.78 is 14.3. The van der Waals surface area contributed by atoms with Crippen LogP contribution < -0.4 is 5.73 Å². The molecule has 0 saturated heterocycles. The number of hydrogen-bond acceptors (Lipinski definition) is 1. The Morgan fingerprint density at radius 3 is 2.25 bits per heavy atom. The number of rotatable bonds is 2. The summed E-state index contributed by atoms with van der Waals surface area (Å²) in [6, 6.07) is 12.9. The smallest absolute Gasteiger partial charge is 0.127 e. The van der Waals surface area contributed by atoms with Gasteiger partial charge in [-0.3, -0.25) is 0 Å². The molecule has 0 atom stereocenters. The molecular formula is C13H11BrFN. The third-order valence-corrected chi connectivity index (χ3v) is 2.97. The van der Waals surface area contributed by atoms with E-state index in [2.05, 4.69) is 15.9 Å². The Bertz CT molecular complexity index is 494. The van der Waals surface area contributed by atoms with Crippen molar-refractivity contribution in [1.29, 1.82) is 0 Å². The Kier molecular flexibility index (Phi) is 3.36. The molecule has 0 aliphatic carbocycles. The summed E-state index contributed by atoms with van der Waals surface area (Å²) in [7, 11) is 0. The molecule has 0 aromatic heterocycles. The van der Waals surface area contributed by atoms with E-state index in [1.54, 1.807) is 12.1 Å². The van der Waals surface area contributed by atoms with Gasteiger partial charge in [0.25, 0.3) is 0 Å². The number of nitrogens with two attached hydrogens (primary N) is 1. The van der Waals surface area contributed by atoms with Gasteiger partial charge in [0.15, 0.2) is 0 Å². The van der Waals surface area contributed by atoms with Gasteiger partial charge in [0.1, 0.15) is 5.82 Å². The molecule has 2 rings (SSSR count). The highest BCUT2D eigenvalue weighted by Gasteiger charge is 2.03. The predicted molar refractivity (Wildman–Crippen MR) is 67.4 cm³/mol. The van der Waals surface area contributed by atoms with Crippen LogP contribution in [0, 0.1) is 5.82 Å². The van der Waals surface area contributed by atoms with Crippen molar-refractivity contribution in [3.8, 4) is 11.1 Å². The van der Waals surface area contributed by atoms with Crippen molar-refractivity contribution in [1.82, 2.24) is 0 Å². The number of halogens is 2. The summed E-state index contributed by atoms with van der Waals surface area (Å²) in [5.41, 5.74) is 8.05. The molecule has 2 aromatic carbocycles. The maximum atomic E-state index is 13.3. The van der Waals surface area contributed by atoms with Crippen molar-refractivity contribution in [2.75, 3.05) is 0 Å². The molecule has 16 heavy (non-hydrogen) atoms. The molecule has 0 aliphatic rings. The highest BCUT2D eigenvalue weighted by Crippen LogP contribution is 2.23. The van der Waals surface area contributed by atoms with E-state index in [0.29, 0.717) is 5.56 Å². The summed E-state index contributed by atoms with van der Waals surface area (Å²) in [6.07, 6.45) is 0. The van der Waals surface area contributed by atoms with E-state index in [9.17, 15) is 4.39 Å². The van der Waals surface area contributed by atoms with Crippen LogP contribution in [0.3, 0.4) is 0 Å². The summed E-state index contributed by atoms with van der Waals surface area (Å²) >= 11 is 3.38. The van der Waals surface area contributed by atoms with Crippen LogP contribution in [0.1, 0.15) is 5.56 Å². The largest absolute Gasteiger partial charge is 0.326 e. The second-order valence-corrected chi connectivity index (χ2v) is 4.43. The van der Waals surface area contributed by atoms with E-state index < -0.39 is 0 Å². The average Bonchev–Trinajstić information content (AvgIpc) is 2.31. The van der Waals surface area contributed by atoms with Gasteiger partial charge in [-0.1, -0.05) is 34.1 Å². The summed E-state index contributed by atoms with van der Waals surface area (Å²) in [6.45, 7) is 0.218. The average molecular weight is 280 g/mol. The Labute approximate surface area is 102 Å². The van der Waals surface area contributed by atoms with Gasteiger partial charge >= 0.3 is 0 Å². The van der Waals surface area contributed by atoms with E-state index in [4.69, 9.17) is 5.73 Å². The topological polar surface area (TPSA) is 26.0 Å². The molecule has 0 saturated carbocycles.